The van der Waals surface area contributed by atoms with Crippen LogP contribution < -0.4 is 5.56 Å². The topological polar surface area (TPSA) is 58.6 Å². The zero-order chi connectivity index (χ0) is 18.3. The number of fused-ring (bicyclic) bond motifs is 1. The van der Waals surface area contributed by atoms with Crippen molar-refractivity contribution in [2.24, 2.45) is 0 Å². The van der Waals surface area contributed by atoms with Crippen LogP contribution in [0.15, 0.2) is 59.4 Å². The average Bonchev–Trinajstić information content (AvgIpc) is 2.64. The van der Waals surface area contributed by atoms with Crippen molar-refractivity contribution in [3.8, 4) is 22.4 Å². The van der Waals surface area contributed by atoms with E-state index >= 15 is 0 Å². The second-order valence-corrected chi connectivity index (χ2v) is 6.29. The zero-order valence-electron chi connectivity index (χ0n) is 13.8. The summed E-state index contributed by atoms with van der Waals surface area (Å²) in [6.07, 6.45) is 0. The number of nitrogens with zero attached hydrogens (tertiary/aromatic N) is 2. The normalized spacial score (nSPS) is 11.0. The summed E-state index contributed by atoms with van der Waals surface area (Å²) in [6.45, 7) is 1.57. The molecular formula is C20H13ClFN3O. The highest BCUT2D eigenvalue weighted by Crippen LogP contribution is 2.35. The van der Waals surface area contributed by atoms with Crippen LogP contribution >= 0.6 is 11.6 Å². The van der Waals surface area contributed by atoms with E-state index in [1.54, 1.807) is 19.1 Å². The molecular weight excluding hydrogens is 353 g/mol. The molecule has 0 aliphatic heterocycles. The monoisotopic (exact) mass is 365 g/mol. The summed E-state index contributed by atoms with van der Waals surface area (Å²) in [4.78, 5) is 22.9. The molecule has 0 saturated carbocycles. The first-order valence-electron chi connectivity index (χ1n) is 7.95. The standard InChI is InChI=1S/C20H13ClFN3O/c1-11-18(22)14(10-16(21)23-11)15-9-13-7-8-17(26)24-20(13)25-19(15)12-5-3-2-4-6-12/h2-10H,1H3,(H,24,25,26). The number of pyridine rings is 3. The Kier molecular flexibility index (Phi) is 4.01. The van der Waals surface area contributed by atoms with Crippen molar-refractivity contribution in [2.45, 2.75) is 6.92 Å². The second kappa shape index (κ2) is 6.35. The number of aromatic nitrogens is 3. The number of halogens is 2. The van der Waals surface area contributed by atoms with Crippen LogP contribution in [0.3, 0.4) is 0 Å². The molecule has 26 heavy (non-hydrogen) atoms. The van der Waals surface area contributed by atoms with Gasteiger partial charge in [0, 0.05) is 28.1 Å². The number of H-pyrrole nitrogens is 1. The summed E-state index contributed by atoms with van der Waals surface area (Å²) in [5.41, 5.74) is 2.68. The molecule has 1 N–H and O–H groups in total. The third-order valence-corrected chi connectivity index (χ3v) is 4.33. The lowest BCUT2D eigenvalue weighted by Crippen LogP contribution is -2.05. The van der Waals surface area contributed by atoms with Gasteiger partial charge < -0.3 is 4.98 Å². The third-order valence-electron chi connectivity index (χ3n) is 4.14. The summed E-state index contributed by atoms with van der Waals surface area (Å²) >= 11 is 6.06. The Hall–Kier alpha value is -3.05. The first kappa shape index (κ1) is 16.4. The van der Waals surface area contributed by atoms with Gasteiger partial charge in [-0.1, -0.05) is 41.9 Å². The van der Waals surface area contributed by atoms with E-state index in [0.717, 1.165) is 5.56 Å². The van der Waals surface area contributed by atoms with E-state index in [9.17, 15) is 9.18 Å². The number of hydrogen-bond acceptors (Lipinski definition) is 3. The van der Waals surface area contributed by atoms with Crippen molar-refractivity contribution in [2.75, 3.05) is 0 Å². The van der Waals surface area contributed by atoms with Crippen LogP contribution in [0.1, 0.15) is 5.69 Å². The molecule has 0 spiro atoms. The molecule has 0 aliphatic rings. The maximum absolute atomic E-state index is 14.8. The van der Waals surface area contributed by atoms with Crippen molar-refractivity contribution < 1.29 is 4.39 Å². The summed E-state index contributed by atoms with van der Waals surface area (Å²) in [5, 5.41) is 0.906. The molecule has 0 aliphatic carbocycles. The minimum Gasteiger partial charge on any atom is -0.307 e. The summed E-state index contributed by atoms with van der Waals surface area (Å²) < 4.78 is 14.8. The van der Waals surface area contributed by atoms with E-state index in [4.69, 9.17) is 11.6 Å². The minimum atomic E-state index is -0.447. The van der Waals surface area contributed by atoms with Crippen LogP contribution in [-0.4, -0.2) is 15.0 Å². The molecule has 0 bridgehead atoms. The fourth-order valence-corrected chi connectivity index (χ4v) is 3.15. The van der Waals surface area contributed by atoms with E-state index in [2.05, 4.69) is 15.0 Å². The SMILES string of the molecule is Cc1nc(Cl)cc(-c2cc3ccc(=O)[nH]c3nc2-c2ccccc2)c1F. The third kappa shape index (κ3) is 2.86. The molecule has 0 radical (unpaired) electrons. The smallest absolute Gasteiger partial charge is 0.249 e. The highest BCUT2D eigenvalue weighted by atomic mass is 35.5. The van der Waals surface area contributed by atoms with Crippen LogP contribution in [0.5, 0.6) is 0 Å². The van der Waals surface area contributed by atoms with Crippen molar-refractivity contribution in [3.05, 3.63) is 81.6 Å². The summed E-state index contributed by atoms with van der Waals surface area (Å²) in [6, 6.07) is 15.8. The summed E-state index contributed by atoms with van der Waals surface area (Å²) in [7, 11) is 0. The Balaban J connectivity index is 2.11. The summed E-state index contributed by atoms with van der Waals surface area (Å²) in [5.74, 6) is -0.447. The van der Waals surface area contributed by atoms with Crippen LogP contribution in [0, 0.1) is 12.7 Å². The number of hydrogen-bond donors (Lipinski definition) is 1. The number of nitrogens with one attached hydrogen (secondary N) is 1. The van der Waals surface area contributed by atoms with Crippen molar-refractivity contribution in [3.63, 3.8) is 0 Å². The number of benzene rings is 1. The molecule has 0 fully saturated rings. The van der Waals surface area contributed by atoms with E-state index in [1.165, 1.54) is 12.1 Å². The molecule has 0 atom stereocenters. The molecule has 3 aromatic heterocycles. The van der Waals surface area contributed by atoms with E-state index < -0.39 is 5.82 Å². The fraction of sp³-hybridized carbons (Fsp3) is 0.0500. The molecule has 4 rings (SSSR count). The second-order valence-electron chi connectivity index (χ2n) is 5.90. The lowest BCUT2D eigenvalue weighted by molar-refractivity contribution is 0.613. The van der Waals surface area contributed by atoms with E-state index in [1.807, 2.05) is 30.3 Å². The van der Waals surface area contributed by atoms with Gasteiger partial charge in [0.2, 0.25) is 5.56 Å². The lowest BCUT2D eigenvalue weighted by Gasteiger charge is -2.13. The molecule has 4 aromatic rings. The first-order valence-corrected chi connectivity index (χ1v) is 8.33. The van der Waals surface area contributed by atoms with Crippen LogP contribution in [0.2, 0.25) is 5.15 Å². The van der Waals surface area contributed by atoms with Gasteiger partial charge in [0.1, 0.15) is 10.8 Å². The molecule has 4 nitrogen and oxygen atoms in total. The van der Waals surface area contributed by atoms with E-state index in [0.29, 0.717) is 27.9 Å². The predicted molar refractivity (Wildman–Crippen MR) is 101 cm³/mol. The molecule has 0 unspecified atom stereocenters. The Labute approximate surface area is 153 Å². The maximum atomic E-state index is 14.8. The zero-order valence-corrected chi connectivity index (χ0v) is 14.5. The number of aromatic amines is 1. The van der Waals surface area contributed by atoms with Crippen LogP contribution in [0.25, 0.3) is 33.4 Å². The predicted octanol–water partition coefficient (Wildman–Crippen LogP) is 4.75. The average molecular weight is 366 g/mol. The van der Waals surface area contributed by atoms with Gasteiger partial charge in [-0.3, -0.25) is 4.79 Å². The number of aryl methyl sites for hydroxylation is 1. The van der Waals surface area contributed by atoms with Crippen LogP contribution in [-0.2, 0) is 0 Å². The Morgan fingerprint density at radius 2 is 1.77 bits per heavy atom. The van der Waals surface area contributed by atoms with Gasteiger partial charge in [-0.15, -0.1) is 0 Å². The van der Waals surface area contributed by atoms with Gasteiger partial charge >= 0.3 is 0 Å². The van der Waals surface area contributed by atoms with Crippen molar-refractivity contribution in [1.29, 1.82) is 0 Å². The van der Waals surface area contributed by atoms with Gasteiger partial charge in [-0.05, 0) is 25.1 Å². The van der Waals surface area contributed by atoms with Crippen molar-refractivity contribution in [1.82, 2.24) is 15.0 Å². The highest BCUT2D eigenvalue weighted by Gasteiger charge is 2.17. The van der Waals surface area contributed by atoms with Gasteiger partial charge in [-0.2, -0.15) is 0 Å². The van der Waals surface area contributed by atoms with Crippen molar-refractivity contribution >= 4 is 22.6 Å². The largest absolute Gasteiger partial charge is 0.307 e. The lowest BCUT2D eigenvalue weighted by atomic mass is 9.98. The molecule has 3 heterocycles. The Bertz CT molecular complexity index is 1190. The molecule has 1 aromatic carbocycles. The van der Waals surface area contributed by atoms with E-state index in [-0.39, 0.29) is 16.4 Å². The molecule has 0 amide bonds. The van der Waals surface area contributed by atoms with Gasteiger partial charge in [0.25, 0.3) is 0 Å². The van der Waals surface area contributed by atoms with Gasteiger partial charge in [0.15, 0.2) is 5.82 Å². The minimum absolute atomic E-state index is 0.208. The maximum Gasteiger partial charge on any atom is 0.249 e. The van der Waals surface area contributed by atoms with Gasteiger partial charge in [-0.25, -0.2) is 14.4 Å². The number of rotatable bonds is 2. The molecule has 0 saturated heterocycles. The first-order chi connectivity index (χ1) is 12.5. The quantitative estimate of drug-likeness (QED) is 0.521. The highest BCUT2D eigenvalue weighted by molar-refractivity contribution is 6.29. The molecule has 6 heteroatoms. The molecule has 128 valence electrons. The Morgan fingerprint density at radius 3 is 2.54 bits per heavy atom. The Morgan fingerprint density at radius 1 is 1.00 bits per heavy atom. The van der Waals surface area contributed by atoms with Gasteiger partial charge in [0.05, 0.1) is 11.4 Å². The fourth-order valence-electron chi connectivity index (χ4n) is 2.92. The van der Waals surface area contributed by atoms with Crippen LogP contribution in [0.4, 0.5) is 4.39 Å².